The second kappa shape index (κ2) is 8.58. The van der Waals surface area contributed by atoms with Crippen LogP contribution in [0.25, 0.3) is 0 Å². The predicted octanol–water partition coefficient (Wildman–Crippen LogP) is 1.86. The Morgan fingerprint density at radius 3 is 2.54 bits per heavy atom. The molecule has 1 aromatic rings. The molecule has 2 fully saturated rings. The van der Waals surface area contributed by atoms with Gasteiger partial charge in [-0.25, -0.2) is 9.18 Å². The molecule has 0 aliphatic carbocycles. The molecule has 2 aliphatic rings. The molecular weight excluding hydrogens is 365 g/mol. The number of halogens is 1. The van der Waals surface area contributed by atoms with Crippen LogP contribution in [0.5, 0.6) is 0 Å². The van der Waals surface area contributed by atoms with Gasteiger partial charge in [-0.2, -0.15) is 0 Å². The van der Waals surface area contributed by atoms with E-state index in [0.717, 1.165) is 5.56 Å². The van der Waals surface area contributed by atoms with Crippen molar-refractivity contribution in [2.75, 3.05) is 32.8 Å². The summed E-state index contributed by atoms with van der Waals surface area (Å²) in [6.07, 6.45) is -0.252. The van der Waals surface area contributed by atoms with Crippen molar-refractivity contribution < 1.29 is 23.5 Å². The minimum Gasteiger partial charge on any atom is -0.448 e. The van der Waals surface area contributed by atoms with Crippen molar-refractivity contribution in [3.8, 4) is 0 Å². The molecule has 1 aromatic carbocycles. The summed E-state index contributed by atoms with van der Waals surface area (Å²) in [5, 5.41) is 0. The average Bonchev–Trinajstić information content (AvgIpc) is 2.97. The lowest BCUT2D eigenvalue weighted by molar-refractivity contribution is -0.134. The maximum Gasteiger partial charge on any atom is 0.410 e. The summed E-state index contributed by atoms with van der Waals surface area (Å²) in [5.41, 5.74) is 0.847. The highest BCUT2D eigenvalue weighted by atomic mass is 19.1. The molecule has 152 valence electrons. The first kappa shape index (κ1) is 20.1. The van der Waals surface area contributed by atoms with Gasteiger partial charge in [0.05, 0.1) is 12.6 Å². The van der Waals surface area contributed by atoms with Crippen molar-refractivity contribution in [3.05, 3.63) is 35.6 Å². The molecule has 3 amide bonds. The van der Waals surface area contributed by atoms with Gasteiger partial charge >= 0.3 is 6.09 Å². The highest BCUT2D eigenvalue weighted by molar-refractivity contribution is 5.84. The maximum atomic E-state index is 13.2. The third-order valence-corrected chi connectivity index (χ3v) is 5.28. The quantitative estimate of drug-likeness (QED) is 0.768. The minimum absolute atomic E-state index is 0.0288. The van der Waals surface area contributed by atoms with Crippen molar-refractivity contribution in [1.29, 1.82) is 0 Å². The van der Waals surface area contributed by atoms with Crippen molar-refractivity contribution in [3.63, 3.8) is 0 Å². The number of carbonyl (C=O) groups is 3. The fourth-order valence-electron chi connectivity index (χ4n) is 3.60. The van der Waals surface area contributed by atoms with Crippen LogP contribution in [-0.2, 0) is 20.9 Å². The van der Waals surface area contributed by atoms with Gasteiger partial charge in [0.25, 0.3) is 0 Å². The van der Waals surface area contributed by atoms with E-state index in [-0.39, 0.29) is 42.6 Å². The zero-order valence-corrected chi connectivity index (χ0v) is 16.3. The Bertz CT molecular complexity index is 737. The Kier molecular flexibility index (Phi) is 6.16. The number of ether oxygens (including phenoxy) is 1. The van der Waals surface area contributed by atoms with Crippen LogP contribution in [0.4, 0.5) is 9.18 Å². The lowest BCUT2D eigenvalue weighted by Gasteiger charge is -2.35. The van der Waals surface area contributed by atoms with Crippen LogP contribution in [0.3, 0.4) is 0 Å². The van der Waals surface area contributed by atoms with Crippen LogP contribution >= 0.6 is 0 Å². The van der Waals surface area contributed by atoms with Gasteiger partial charge in [-0.1, -0.05) is 26.0 Å². The molecule has 1 atom stereocenters. The molecule has 0 spiro atoms. The Morgan fingerprint density at radius 1 is 1.21 bits per heavy atom. The molecule has 0 aromatic heterocycles. The van der Waals surface area contributed by atoms with E-state index in [2.05, 4.69) is 0 Å². The lowest BCUT2D eigenvalue weighted by atomic mass is 10.0. The number of amides is 3. The number of carbonyl (C=O) groups excluding carboxylic acids is 3. The summed E-state index contributed by atoms with van der Waals surface area (Å²) in [4.78, 5) is 42.0. The number of hydrogen-bond acceptors (Lipinski definition) is 4. The van der Waals surface area contributed by atoms with Crippen LogP contribution in [0.15, 0.2) is 24.3 Å². The monoisotopic (exact) mass is 391 g/mol. The van der Waals surface area contributed by atoms with Crippen LogP contribution in [0.2, 0.25) is 0 Å². The van der Waals surface area contributed by atoms with Gasteiger partial charge in [0, 0.05) is 26.1 Å². The van der Waals surface area contributed by atoms with E-state index in [1.54, 1.807) is 21.9 Å². The number of cyclic esters (lactones) is 1. The maximum absolute atomic E-state index is 13.2. The van der Waals surface area contributed by atoms with Crippen LogP contribution in [0, 0.1) is 11.7 Å². The van der Waals surface area contributed by atoms with E-state index in [0.29, 0.717) is 32.8 Å². The molecule has 3 rings (SSSR count). The van der Waals surface area contributed by atoms with Gasteiger partial charge in [-0.3, -0.25) is 14.5 Å². The molecule has 2 saturated heterocycles. The number of benzene rings is 1. The normalized spacial score (nSPS) is 20.6. The van der Waals surface area contributed by atoms with E-state index < -0.39 is 6.09 Å². The second-order valence-corrected chi connectivity index (χ2v) is 7.59. The van der Waals surface area contributed by atoms with Crippen molar-refractivity contribution in [1.82, 2.24) is 14.7 Å². The van der Waals surface area contributed by atoms with E-state index >= 15 is 0 Å². The van der Waals surface area contributed by atoms with E-state index in [4.69, 9.17) is 4.74 Å². The second-order valence-electron chi connectivity index (χ2n) is 7.59. The molecule has 2 aliphatic heterocycles. The van der Waals surface area contributed by atoms with Crippen molar-refractivity contribution in [2.45, 2.75) is 32.9 Å². The summed E-state index contributed by atoms with van der Waals surface area (Å²) in [6, 6.07) is 5.95. The molecule has 0 radical (unpaired) electrons. The first-order valence-electron chi connectivity index (χ1n) is 9.58. The number of hydrogen-bond donors (Lipinski definition) is 0. The summed E-state index contributed by atoms with van der Waals surface area (Å²) < 4.78 is 18.1. The van der Waals surface area contributed by atoms with Crippen molar-refractivity contribution >= 4 is 17.9 Å². The van der Waals surface area contributed by atoms with Gasteiger partial charge in [-0.05, 0) is 23.6 Å². The van der Waals surface area contributed by atoms with E-state index in [9.17, 15) is 18.8 Å². The highest BCUT2D eigenvalue weighted by Crippen LogP contribution is 2.21. The average molecular weight is 391 g/mol. The molecule has 2 heterocycles. The van der Waals surface area contributed by atoms with E-state index in [1.165, 1.54) is 17.0 Å². The molecule has 0 N–H and O–H groups in total. The number of nitrogens with zero attached hydrogens (tertiary/aromatic N) is 3. The molecule has 0 bridgehead atoms. The van der Waals surface area contributed by atoms with Crippen molar-refractivity contribution in [2.24, 2.45) is 5.92 Å². The SMILES string of the molecule is CC(C)[C@H]1CN(C(=O)CN2CCOC2=O)CCC(=O)N1Cc1ccc(F)cc1. The summed E-state index contributed by atoms with van der Waals surface area (Å²) in [6.45, 7) is 5.81. The smallest absolute Gasteiger partial charge is 0.410 e. The zero-order valence-electron chi connectivity index (χ0n) is 16.3. The Balaban J connectivity index is 1.72. The zero-order chi connectivity index (χ0) is 20.3. The first-order valence-corrected chi connectivity index (χ1v) is 9.58. The Hall–Kier alpha value is -2.64. The third kappa shape index (κ3) is 4.61. The summed E-state index contributed by atoms with van der Waals surface area (Å²) >= 11 is 0. The topological polar surface area (TPSA) is 70.2 Å². The van der Waals surface area contributed by atoms with Crippen LogP contribution < -0.4 is 0 Å². The Labute approximate surface area is 164 Å². The minimum atomic E-state index is -0.474. The fourth-order valence-corrected chi connectivity index (χ4v) is 3.60. The predicted molar refractivity (Wildman–Crippen MR) is 99.7 cm³/mol. The standard InChI is InChI=1S/C20H26FN3O4/c1-14(2)17-12-22(19(26)13-23-9-10-28-20(23)27)8-7-18(25)24(17)11-15-3-5-16(21)6-4-15/h3-6,14,17H,7-13H2,1-2H3/t17-/m1/s1. The van der Waals surface area contributed by atoms with Gasteiger partial charge in [0.1, 0.15) is 19.0 Å². The summed E-state index contributed by atoms with van der Waals surface area (Å²) in [5.74, 6) is -0.391. The van der Waals surface area contributed by atoms with Gasteiger partial charge < -0.3 is 14.5 Å². The molecular formula is C20H26FN3O4. The molecule has 7 nitrogen and oxygen atoms in total. The van der Waals surface area contributed by atoms with Crippen LogP contribution in [-0.4, -0.2) is 71.4 Å². The van der Waals surface area contributed by atoms with Crippen LogP contribution in [0.1, 0.15) is 25.8 Å². The lowest BCUT2D eigenvalue weighted by Crippen LogP contribution is -2.48. The highest BCUT2D eigenvalue weighted by Gasteiger charge is 2.34. The van der Waals surface area contributed by atoms with E-state index in [1.807, 2.05) is 13.8 Å². The third-order valence-electron chi connectivity index (χ3n) is 5.28. The largest absolute Gasteiger partial charge is 0.448 e. The molecule has 0 unspecified atom stereocenters. The fraction of sp³-hybridized carbons (Fsp3) is 0.550. The summed E-state index contributed by atoms with van der Waals surface area (Å²) in [7, 11) is 0. The van der Waals surface area contributed by atoms with Gasteiger partial charge in [0.2, 0.25) is 11.8 Å². The Morgan fingerprint density at radius 2 is 1.93 bits per heavy atom. The van der Waals surface area contributed by atoms with Gasteiger partial charge in [-0.15, -0.1) is 0 Å². The molecule has 0 saturated carbocycles. The molecule has 8 heteroatoms. The first-order chi connectivity index (χ1) is 13.3. The van der Waals surface area contributed by atoms with Gasteiger partial charge in [0.15, 0.2) is 0 Å². The number of rotatable bonds is 5. The molecule has 28 heavy (non-hydrogen) atoms.